The number of rotatable bonds is 2. The fraction of sp³-hybridized carbons (Fsp3) is 0.0714. The molecule has 0 radical (unpaired) electrons. The van der Waals surface area contributed by atoms with E-state index in [1.165, 1.54) is 10.1 Å². The van der Waals surface area contributed by atoms with Crippen molar-refractivity contribution in [3.05, 3.63) is 45.9 Å². The van der Waals surface area contributed by atoms with Crippen molar-refractivity contribution >= 4 is 54.5 Å². The van der Waals surface area contributed by atoms with E-state index in [0.29, 0.717) is 5.69 Å². The zero-order valence-corrected chi connectivity index (χ0v) is 12.7. The van der Waals surface area contributed by atoms with Crippen LogP contribution in [0.25, 0.3) is 10.1 Å². The first-order valence-electron chi connectivity index (χ1n) is 5.80. The summed E-state index contributed by atoms with van der Waals surface area (Å²) in [5.74, 6) is 0.779. The Balaban J connectivity index is 1.98. The van der Waals surface area contributed by atoms with Gasteiger partial charge in [-0.3, -0.25) is 0 Å². The molecule has 0 aliphatic heterocycles. The van der Waals surface area contributed by atoms with Crippen molar-refractivity contribution in [2.75, 3.05) is 11.1 Å². The lowest BCUT2D eigenvalue weighted by molar-refractivity contribution is 1.26. The van der Waals surface area contributed by atoms with Crippen LogP contribution in [0, 0.1) is 6.92 Å². The smallest absolute Gasteiger partial charge is 0.145 e. The van der Waals surface area contributed by atoms with Crippen molar-refractivity contribution in [2.45, 2.75) is 6.92 Å². The SMILES string of the molecule is Cc1c(N)cnc(Nc2ccc3sccc3c2)c1Br. The van der Waals surface area contributed by atoms with Crippen LogP contribution in [0.3, 0.4) is 0 Å². The summed E-state index contributed by atoms with van der Waals surface area (Å²) in [5, 5.41) is 6.64. The van der Waals surface area contributed by atoms with Crippen LogP contribution in [-0.2, 0) is 0 Å². The molecular weight excluding hydrogens is 322 g/mol. The monoisotopic (exact) mass is 333 g/mol. The molecule has 0 fully saturated rings. The second kappa shape index (κ2) is 4.83. The Bertz CT molecular complexity index is 752. The Morgan fingerprint density at radius 2 is 2.16 bits per heavy atom. The third kappa shape index (κ3) is 2.31. The molecule has 0 aliphatic rings. The number of pyridine rings is 1. The van der Waals surface area contributed by atoms with E-state index in [1.54, 1.807) is 17.5 Å². The first kappa shape index (κ1) is 12.4. The predicted molar refractivity (Wildman–Crippen MR) is 86.2 cm³/mol. The van der Waals surface area contributed by atoms with Crippen LogP contribution in [0.2, 0.25) is 0 Å². The van der Waals surface area contributed by atoms with Gasteiger partial charge in [0.25, 0.3) is 0 Å². The lowest BCUT2D eigenvalue weighted by Gasteiger charge is -2.11. The molecule has 0 bridgehead atoms. The van der Waals surface area contributed by atoms with Crippen molar-refractivity contribution in [2.24, 2.45) is 0 Å². The van der Waals surface area contributed by atoms with E-state index >= 15 is 0 Å². The highest BCUT2D eigenvalue weighted by Gasteiger charge is 2.08. The Hall–Kier alpha value is -1.59. The third-order valence-corrected chi connectivity index (χ3v) is 4.89. The van der Waals surface area contributed by atoms with Gasteiger partial charge in [-0.15, -0.1) is 11.3 Å². The second-order valence-corrected chi connectivity index (χ2v) is 6.04. The molecule has 0 amide bonds. The Morgan fingerprint density at radius 1 is 1.32 bits per heavy atom. The predicted octanol–water partition coefficient (Wildman–Crippen LogP) is 4.69. The first-order valence-corrected chi connectivity index (χ1v) is 7.47. The van der Waals surface area contributed by atoms with Crippen LogP contribution in [0.5, 0.6) is 0 Å². The fourth-order valence-corrected chi connectivity index (χ4v) is 3.06. The van der Waals surface area contributed by atoms with Crippen molar-refractivity contribution in [1.82, 2.24) is 4.98 Å². The molecule has 2 aromatic heterocycles. The molecule has 3 nitrogen and oxygen atoms in total. The molecule has 3 N–H and O–H groups in total. The molecule has 0 saturated carbocycles. The zero-order valence-electron chi connectivity index (χ0n) is 10.3. The molecule has 96 valence electrons. The molecule has 5 heteroatoms. The highest BCUT2D eigenvalue weighted by atomic mass is 79.9. The maximum absolute atomic E-state index is 5.82. The van der Waals surface area contributed by atoms with E-state index in [9.17, 15) is 0 Å². The summed E-state index contributed by atoms with van der Waals surface area (Å²) < 4.78 is 2.18. The van der Waals surface area contributed by atoms with Gasteiger partial charge in [-0.2, -0.15) is 0 Å². The number of benzene rings is 1. The van der Waals surface area contributed by atoms with Crippen LogP contribution in [-0.4, -0.2) is 4.98 Å². The van der Waals surface area contributed by atoms with Gasteiger partial charge >= 0.3 is 0 Å². The van der Waals surface area contributed by atoms with Crippen LogP contribution in [0.4, 0.5) is 17.2 Å². The summed E-state index contributed by atoms with van der Waals surface area (Å²) >= 11 is 5.27. The molecule has 3 aromatic rings. The Morgan fingerprint density at radius 3 is 3.00 bits per heavy atom. The minimum atomic E-state index is 0.686. The number of hydrogen-bond acceptors (Lipinski definition) is 4. The third-order valence-electron chi connectivity index (χ3n) is 3.02. The molecule has 0 atom stereocenters. The first-order chi connectivity index (χ1) is 9.15. The number of halogens is 1. The van der Waals surface area contributed by atoms with Crippen molar-refractivity contribution in [1.29, 1.82) is 0 Å². The highest BCUT2D eigenvalue weighted by Crippen LogP contribution is 2.31. The fourth-order valence-electron chi connectivity index (χ4n) is 1.86. The van der Waals surface area contributed by atoms with Crippen molar-refractivity contribution < 1.29 is 0 Å². The average Bonchev–Trinajstić information content (AvgIpc) is 2.87. The van der Waals surface area contributed by atoms with Crippen molar-refractivity contribution in [3.63, 3.8) is 0 Å². The van der Waals surface area contributed by atoms with Gasteiger partial charge in [0.05, 0.1) is 16.4 Å². The minimum absolute atomic E-state index is 0.686. The van der Waals surface area contributed by atoms with E-state index in [0.717, 1.165) is 21.5 Å². The lowest BCUT2D eigenvalue weighted by atomic mass is 10.2. The van der Waals surface area contributed by atoms with Crippen LogP contribution in [0.15, 0.2) is 40.3 Å². The molecule has 3 rings (SSSR count). The van der Waals surface area contributed by atoms with Gasteiger partial charge < -0.3 is 11.1 Å². The molecular formula is C14H12BrN3S. The lowest BCUT2D eigenvalue weighted by Crippen LogP contribution is -1.99. The number of hydrogen-bond donors (Lipinski definition) is 2. The summed E-state index contributed by atoms with van der Waals surface area (Å²) in [6, 6.07) is 8.40. The molecule has 19 heavy (non-hydrogen) atoms. The van der Waals surface area contributed by atoms with E-state index in [-0.39, 0.29) is 0 Å². The van der Waals surface area contributed by atoms with E-state index in [1.807, 2.05) is 6.92 Å². The van der Waals surface area contributed by atoms with E-state index in [4.69, 9.17) is 5.73 Å². The van der Waals surface area contributed by atoms with Crippen molar-refractivity contribution in [3.8, 4) is 0 Å². The largest absolute Gasteiger partial charge is 0.397 e. The van der Waals surface area contributed by atoms with Gasteiger partial charge in [-0.25, -0.2) is 4.98 Å². The van der Waals surface area contributed by atoms with E-state index in [2.05, 4.69) is 55.9 Å². The second-order valence-electron chi connectivity index (χ2n) is 4.30. The minimum Gasteiger partial charge on any atom is -0.397 e. The number of anilines is 3. The summed E-state index contributed by atoms with van der Waals surface area (Å²) in [4.78, 5) is 4.32. The van der Waals surface area contributed by atoms with Gasteiger partial charge in [0.2, 0.25) is 0 Å². The topological polar surface area (TPSA) is 50.9 Å². The van der Waals surface area contributed by atoms with Gasteiger partial charge in [0.15, 0.2) is 0 Å². The number of nitrogen functional groups attached to an aromatic ring is 1. The molecule has 0 aliphatic carbocycles. The van der Waals surface area contributed by atoms with Gasteiger partial charge in [-0.1, -0.05) is 0 Å². The average molecular weight is 334 g/mol. The maximum atomic E-state index is 5.82. The maximum Gasteiger partial charge on any atom is 0.145 e. The molecule has 1 aromatic carbocycles. The highest BCUT2D eigenvalue weighted by molar-refractivity contribution is 9.10. The summed E-state index contributed by atoms with van der Waals surface area (Å²) in [6.07, 6.45) is 1.67. The summed E-state index contributed by atoms with van der Waals surface area (Å²) in [5.41, 5.74) is 8.52. The number of nitrogens with one attached hydrogen (secondary N) is 1. The number of nitrogens with zero attached hydrogens (tertiary/aromatic N) is 1. The normalized spacial score (nSPS) is 10.8. The number of aromatic nitrogens is 1. The molecule has 2 heterocycles. The van der Waals surface area contributed by atoms with Crippen LogP contribution in [0.1, 0.15) is 5.56 Å². The van der Waals surface area contributed by atoms with Gasteiger partial charge in [0, 0.05) is 10.4 Å². The molecule has 0 spiro atoms. The summed E-state index contributed by atoms with van der Waals surface area (Å²) in [7, 11) is 0. The number of fused-ring (bicyclic) bond motifs is 1. The van der Waals surface area contributed by atoms with Gasteiger partial charge in [0.1, 0.15) is 5.82 Å². The Kier molecular flexibility index (Phi) is 3.16. The van der Waals surface area contributed by atoms with Crippen LogP contribution >= 0.6 is 27.3 Å². The number of nitrogens with two attached hydrogens (primary N) is 1. The summed E-state index contributed by atoms with van der Waals surface area (Å²) in [6.45, 7) is 1.97. The van der Waals surface area contributed by atoms with E-state index < -0.39 is 0 Å². The molecule has 0 unspecified atom stereocenters. The zero-order chi connectivity index (χ0) is 13.4. The number of thiophene rings is 1. The quantitative estimate of drug-likeness (QED) is 0.715. The van der Waals surface area contributed by atoms with Crippen LogP contribution < -0.4 is 11.1 Å². The van der Waals surface area contributed by atoms with Gasteiger partial charge in [-0.05, 0) is 63.4 Å². The Labute approximate surface area is 123 Å². The standard InChI is InChI=1S/C14H12BrN3S/c1-8-11(16)7-17-14(13(8)15)18-10-2-3-12-9(6-10)4-5-19-12/h2-7H,16H2,1H3,(H,17,18). The molecule has 0 saturated heterocycles.